The lowest BCUT2D eigenvalue weighted by Gasteiger charge is -1.99. The van der Waals surface area contributed by atoms with Crippen LogP contribution in [0.15, 0.2) is 23.4 Å². The first-order chi connectivity index (χ1) is 7.04. The highest BCUT2D eigenvalue weighted by Crippen LogP contribution is 2.23. The van der Waals surface area contributed by atoms with Crippen molar-refractivity contribution in [2.45, 2.75) is 4.90 Å². The second kappa shape index (κ2) is 3.48. The average molecular weight is 246 g/mol. The minimum Gasteiger partial charge on any atom is -0.345 e. The SMILES string of the molecule is CNS(=O)(=O)c1c[nH]c2ncc(Cl)cc12. The van der Waals surface area contributed by atoms with E-state index in [2.05, 4.69) is 14.7 Å². The maximum absolute atomic E-state index is 11.6. The average Bonchev–Trinajstić information content (AvgIpc) is 2.61. The van der Waals surface area contributed by atoms with Crippen molar-refractivity contribution in [3.8, 4) is 0 Å². The predicted molar refractivity (Wildman–Crippen MR) is 57.3 cm³/mol. The maximum atomic E-state index is 11.6. The van der Waals surface area contributed by atoms with Gasteiger partial charge in [0.25, 0.3) is 0 Å². The molecule has 0 aliphatic heterocycles. The van der Waals surface area contributed by atoms with Gasteiger partial charge in [-0.25, -0.2) is 18.1 Å². The highest BCUT2D eigenvalue weighted by molar-refractivity contribution is 7.89. The molecule has 0 aromatic carbocycles. The Labute approximate surface area is 91.5 Å². The van der Waals surface area contributed by atoms with Crippen molar-refractivity contribution in [2.24, 2.45) is 0 Å². The van der Waals surface area contributed by atoms with Gasteiger partial charge < -0.3 is 4.98 Å². The van der Waals surface area contributed by atoms with Crippen LogP contribution in [0.5, 0.6) is 0 Å². The smallest absolute Gasteiger partial charge is 0.242 e. The molecule has 0 spiro atoms. The van der Waals surface area contributed by atoms with E-state index in [0.717, 1.165) is 0 Å². The fourth-order valence-electron chi connectivity index (χ4n) is 1.29. The quantitative estimate of drug-likeness (QED) is 0.833. The first-order valence-corrected chi connectivity index (χ1v) is 5.97. The van der Waals surface area contributed by atoms with E-state index in [1.165, 1.54) is 19.4 Å². The van der Waals surface area contributed by atoms with Crippen LogP contribution in [-0.2, 0) is 10.0 Å². The zero-order valence-corrected chi connectivity index (χ0v) is 9.35. The molecule has 0 atom stereocenters. The van der Waals surface area contributed by atoms with Crippen molar-refractivity contribution in [3.05, 3.63) is 23.5 Å². The summed E-state index contributed by atoms with van der Waals surface area (Å²) >= 11 is 5.75. The first kappa shape index (κ1) is 10.4. The second-order valence-electron chi connectivity index (χ2n) is 2.91. The van der Waals surface area contributed by atoms with Gasteiger partial charge >= 0.3 is 0 Å². The molecule has 0 saturated carbocycles. The summed E-state index contributed by atoms with van der Waals surface area (Å²) < 4.78 is 25.4. The fraction of sp³-hybridized carbons (Fsp3) is 0.125. The van der Waals surface area contributed by atoms with Crippen molar-refractivity contribution in [3.63, 3.8) is 0 Å². The van der Waals surface area contributed by atoms with E-state index in [0.29, 0.717) is 16.1 Å². The lowest BCUT2D eigenvalue weighted by Crippen LogP contribution is -2.18. The molecule has 0 aliphatic carbocycles. The third-order valence-electron chi connectivity index (χ3n) is 2.02. The van der Waals surface area contributed by atoms with Crippen molar-refractivity contribution in [1.29, 1.82) is 0 Å². The van der Waals surface area contributed by atoms with Crippen LogP contribution in [0.3, 0.4) is 0 Å². The van der Waals surface area contributed by atoms with Crippen molar-refractivity contribution in [1.82, 2.24) is 14.7 Å². The third kappa shape index (κ3) is 1.71. The zero-order chi connectivity index (χ0) is 11.1. The Balaban J connectivity index is 2.78. The molecule has 0 amide bonds. The van der Waals surface area contributed by atoms with Gasteiger partial charge in [0.1, 0.15) is 10.5 Å². The maximum Gasteiger partial charge on any atom is 0.242 e. The number of aromatic nitrogens is 2. The molecule has 0 radical (unpaired) electrons. The molecule has 2 heterocycles. The molecule has 0 saturated heterocycles. The number of rotatable bonds is 2. The van der Waals surface area contributed by atoms with E-state index in [4.69, 9.17) is 11.6 Å². The number of sulfonamides is 1. The zero-order valence-electron chi connectivity index (χ0n) is 7.78. The summed E-state index contributed by atoms with van der Waals surface area (Å²) in [7, 11) is -2.12. The molecule has 80 valence electrons. The number of aromatic amines is 1. The summed E-state index contributed by atoms with van der Waals surface area (Å²) in [6.45, 7) is 0. The Bertz CT molecular complexity index is 605. The topological polar surface area (TPSA) is 74.8 Å². The summed E-state index contributed by atoms with van der Waals surface area (Å²) in [6.07, 6.45) is 2.84. The van der Waals surface area contributed by atoms with Crippen LogP contribution >= 0.6 is 11.6 Å². The third-order valence-corrected chi connectivity index (χ3v) is 3.68. The molecule has 2 aromatic rings. The Hall–Kier alpha value is -1.11. The molecule has 2 aromatic heterocycles. The number of hydrogen-bond acceptors (Lipinski definition) is 3. The number of nitrogens with one attached hydrogen (secondary N) is 2. The Morgan fingerprint density at radius 1 is 1.53 bits per heavy atom. The number of halogens is 1. The Morgan fingerprint density at radius 2 is 2.27 bits per heavy atom. The summed E-state index contributed by atoms with van der Waals surface area (Å²) in [5, 5.41) is 0.881. The normalized spacial score (nSPS) is 12.1. The van der Waals surface area contributed by atoms with Crippen molar-refractivity contribution in [2.75, 3.05) is 7.05 Å². The van der Waals surface area contributed by atoms with Gasteiger partial charge in [-0.15, -0.1) is 0 Å². The molecule has 2 rings (SSSR count). The number of fused-ring (bicyclic) bond motifs is 1. The summed E-state index contributed by atoms with van der Waals surface area (Å²) in [6, 6.07) is 1.56. The Morgan fingerprint density at radius 3 is 2.93 bits per heavy atom. The van der Waals surface area contributed by atoms with Crippen LogP contribution in [-0.4, -0.2) is 25.4 Å². The molecule has 2 N–H and O–H groups in total. The van der Waals surface area contributed by atoms with Crippen molar-refractivity contribution >= 4 is 32.7 Å². The van der Waals surface area contributed by atoms with Gasteiger partial charge in [0.2, 0.25) is 10.0 Å². The van der Waals surface area contributed by atoms with E-state index in [1.807, 2.05) is 0 Å². The summed E-state index contributed by atoms with van der Waals surface area (Å²) in [5.74, 6) is 0. The molecule has 0 unspecified atom stereocenters. The molecule has 0 fully saturated rings. The van der Waals surface area contributed by atoms with E-state index in [9.17, 15) is 8.42 Å². The fourth-order valence-corrected chi connectivity index (χ4v) is 2.32. The predicted octanol–water partition coefficient (Wildman–Crippen LogP) is 1.12. The van der Waals surface area contributed by atoms with Crippen LogP contribution in [0, 0.1) is 0 Å². The lowest BCUT2D eigenvalue weighted by atomic mass is 10.3. The Kier molecular flexibility index (Phi) is 2.41. The van der Waals surface area contributed by atoms with Gasteiger partial charge in [0, 0.05) is 17.8 Å². The largest absolute Gasteiger partial charge is 0.345 e. The number of nitrogens with zero attached hydrogens (tertiary/aromatic N) is 1. The first-order valence-electron chi connectivity index (χ1n) is 4.11. The standard InChI is InChI=1S/C8H8ClN3O2S/c1-10-15(13,14)7-4-12-8-6(7)2-5(9)3-11-8/h2-4,10H,1H3,(H,11,12). The summed E-state index contributed by atoms with van der Waals surface area (Å²) in [5.41, 5.74) is 0.494. The number of H-pyrrole nitrogens is 1. The highest BCUT2D eigenvalue weighted by Gasteiger charge is 2.17. The van der Waals surface area contributed by atoms with Gasteiger partial charge in [-0.05, 0) is 13.1 Å². The van der Waals surface area contributed by atoms with E-state index >= 15 is 0 Å². The van der Waals surface area contributed by atoms with E-state index in [-0.39, 0.29) is 4.90 Å². The van der Waals surface area contributed by atoms with Crippen LogP contribution in [0.25, 0.3) is 11.0 Å². The molecule has 5 nitrogen and oxygen atoms in total. The highest BCUT2D eigenvalue weighted by atomic mass is 35.5. The molecular formula is C8H8ClN3O2S. The minimum absolute atomic E-state index is 0.148. The van der Waals surface area contributed by atoms with Gasteiger partial charge in [0.15, 0.2) is 0 Å². The van der Waals surface area contributed by atoms with Crippen molar-refractivity contribution < 1.29 is 8.42 Å². The van der Waals surface area contributed by atoms with Gasteiger partial charge in [-0.2, -0.15) is 0 Å². The molecular weight excluding hydrogens is 238 g/mol. The van der Waals surface area contributed by atoms with Gasteiger partial charge in [-0.1, -0.05) is 11.6 Å². The lowest BCUT2D eigenvalue weighted by molar-refractivity contribution is 0.589. The van der Waals surface area contributed by atoms with Crippen LogP contribution in [0.1, 0.15) is 0 Å². The van der Waals surface area contributed by atoms with Crippen LogP contribution < -0.4 is 4.72 Å². The van der Waals surface area contributed by atoms with Crippen LogP contribution in [0.2, 0.25) is 5.02 Å². The molecule has 7 heteroatoms. The number of pyridine rings is 1. The molecule has 15 heavy (non-hydrogen) atoms. The summed E-state index contributed by atoms with van der Waals surface area (Å²) in [4.78, 5) is 6.88. The van der Waals surface area contributed by atoms with Gasteiger partial charge in [0.05, 0.1) is 5.02 Å². The molecule has 0 aliphatic rings. The van der Waals surface area contributed by atoms with Gasteiger partial charge in [-0.3, -0.25) is 0 Å². The van der Waals surface area contributed by atoms with E-state index in [1.54, 1.807) is 6.07 Å². The van der Waals surface area contributed by atoms with Crippen LogP contribution in [0.4, 0.5) is 0 Å². The molecule has 0 bridgehead atoms. The van der Waals surface area contributed by atoms with E-state index < -0.39 is 10.0 Å². The second-order valence-corrected chi connectivity index (χ2v) is 5.20. The number of hydrogen-bond donors (Lipinski definition) is 2. The minimum atomic E-state index is -3.48. The monoisotopic (exact) mass is 245 g/mol.